The molecule has 6 nitrogen and oxygen atoms in total. The molecule has 0 bridgehead atoms. The van der Waals surface area contributed by atoms with Gasteiger partial charge in [0.2, 0.25) is 0 Å². The summed E-state index contributed by atoms with van der Waals surface area (Å²) in [4.78, 5) is 11.6. The molecule has 0 aliphatic heterocycles. The molecule has 0 fully saturated rings. The molecule has 0 atom stereocenters. The fourth-order valence-electron chi connectivity index (χ4n) is 3.24. The molecule has 25 heavy (non-hydrogen) atoms. The van der Waals surface area contributed by atoms with Crippen molar-refractivity contribution < 1.29 is 9.90 Å². The van der Waals surface area contributed by atoms with Crippen molar-refractivity contribution in [2.75, 3.05) is 0 Å². The third-order valence-electron chi connectivity index (χ3n) is 4.35. The predicted octanol–water partition coefficient (Wildman–Crippen LogP) is 3.73. The quantitative estimate of drug-likeness (QED) is 0.599. The van der Waals surface area contributed by atoms with Gasteiger partial charge in [-0.05, 0) is 38.1 Å². The van der Waals surface area contributed by atoms with Crippen molar-refractivity contribution in [1.29, 1.82) is 0 Å². The van der Waals surface area contributed by atoms with E-state index in [0.717, 1.165) is 22.6 Å². The van der Waals surface area contributed by atoms with E-state index in [0.29, 0.717) is 16.6 Å². The van der Waals surface area contributed by atoms with Gasteiger partial charge < -0.3 is 5.11 Å². The minimum Gasteiger partial charge on any atom is -0.478 e. The Labute approximate surface area is 143 Å². The standard InChI is InChI=1S/C19H16N4O2/c1-11-16(12(2)23(22-11)13-7-4-3-5-8-13)18-17-14(19(24)25)9-6-10-15(17)20-21-18/h3-10H,1-2H3,(H,20,21)(H,24,25). The number of H-pyrrole nitrogens is 1. The Morgan fingerprint density at radius 2 is 1.84 bits per heavy atom. The number of fused-ring (bicyclic) bond motifs is 1. The van der Waals surface area contributed by atoms with Gasteiger partial charge in [0.15, 0.2) is 0 Å². The average molecular weight is 332 g/mol. The minimum atomic E-state index is -0.973. The topological polar surface area (TPSA) is 83.8 Å². The summed E-state index contributed by atoms with van der Waals surface area (Å²) in [5.41, 5.74) is 5.06. The van der Waals surface area contributed by atoms with Gasteiger partial charge in [-0.15, -0.1) is 0 Å². The highest BCUT2D eigenvalue weighted by Crippen LogP contribution is 2.34. The third kappa shape index (κ3) is 2.30. The zero-order chi connectivity index (χ0) is 17.6. The highest BCUT2D eigenvalue weighted by molar-refractivity contribution is 6.08. The molecule has 4 aromatic rings. The zero-order valence-electron chi connectivity index (χ0n) is 13.8. The fraction of sp³-hybridized carbons (Fsp3) is 0.105. The lowest BCUT2D eigenvalue weighted by atomic mass is 10.0. The first kappa shape index (κ1) is 15.1. The number of carboxylic acid groups (broad SMARTS) is 1. The highest BCUT2D eigenvalue weighted by Gasteiger charge is 2.22. The van der Waals surface area contributed by atoms with Crippen LogP contribution in [0.25, 0.3) is 27.8 Å². The van der Waals surface area contributed by atoms with E-state index in [1.54, 1.807) is 12.1 Å². The second kappa shape index (κ2) is 5.59. The Balaban J connectivity index is 2.00. The lowest BCUT2D eigenvalue weighted by molar-refractivity contribution is 0.0699. The largest absolute Gasteiger partial charge is 0.478 e. The first-order valence-electron chi connectivity index (χ1n) is 7.90. The number of carboxylic acids is 1. The van der Waals surface area contributed by atoms with Gasteiger partial charge in [0.1, 0.15) is 5.69 Å². The summed E-state index contributed by atoms with van der Waals surface area (Å²) in [5, 5.41) is 22.1. The smallest absolute Gasteiger partial charge is 0.336 e. The van der Waals surface area contributed by atoms with Gasteiger partial charge >= 0.3 is 5.97 Å². The Hall–Kier alpha value is -3.41. The number of para-hydroxylation sites is 1. The first-order chi connectivity index (χ1) is 12.1. The summed E-state index contributed by atoms with van der Waals surface area (Å²) in [5.74, 6) is -0.973. The molecule has 0 unspecified atom stereocenters. The molecule has 6 heteroatoms. The van der Waals surface area contributed by atoms with Crippen LogP contribution in [0.5, 0.6) is 0 Å². The van der Waals surface area contributed by atoms with Gasteiger partial charge in [-0.2, -0.15) is 10.2 Å². The van der Waals surface area contributed by atoms with E-state index in [9.17, 15) is 9.90 Å². The van der Waals surface area contributed by atoms with Crippen LogP contribution in [0.1, 0.15) is 21.7 Å². The molecule has 2 heterocycles. The van der Waals surface area contributed by atoms with E-state index >= 15 is 0 Å². The normalized spacial score (nSPS) is 11.1. The highest BCUT2D eigenvalue weighted by atomic mass is 16.4. The van der Waals surface area contributed by atoms with Gasteiger partial charge in [0.05, 0.1) is 28.2 Å². The third-order valence-corrected chi connectivity index (χ3v) is 4.35. The van der Waals surface area contributed by atoms with E-state index in [-0.39, 0.29) is 5.56 Å². The molecular formula is C19H16N4O2. The van der Waals surface area contributed by atoms with E-state index < -0.39 is 5.97 Å². The van der Waals surface area contributed by atoms with Crippen molar-refractivity contribution in [1.82, 2.24) is 20.0 Å². The Bertz CT molecular complexity index is 1090. The van der Waals surface area contributed by atoms with Crippen molar-refractivity contribution in [3.63, 3.8) is 0 Å². The number of hydrogen-bond acceptors (Lipinski definition) is 3. The lowest BCUT2D eigenvalue weighted by Gasteiger charge is -2.05. The summed E-state index contributed by atoms with van der Waals surface area (Å²) >= 11 is 0. The number of aromatic amines is 1. The van der Waals surface area contributed by atoms with Crippen molar-refractivity contribution >= 4 is 16.9 Å². The van der Waals surface area contributed by atoms with Crippen molar-refractivity contribution in [2.45, 2.75) is 13.8 Å². The molecule has 2 N–H and O–H groups in total. The maximum Gasteiger partial charge on any atom is 0.336 e. The van der Waals surface area contributed by atoms with Gasteiger partial charge in [0.25, 0.3) is 0 Å². The maximum absolute atomic E-state index is 11.6. The molecule has 0 aliphatic carbocycles. The minimum absolute atomic E-state index is 0.229. The summed E-state index contributed by atoms with van der Waals surface area (Å²) in [6.45, 7) is 3.87. The molecule has 2 aromatic carbocycles. The van der Waals surface area contributed by atoms with Crippen molar-refractivity contribution in [3.8, 4) is 16.9 Å². The van der Waals surface area contributed by atoms with E-state index in [1.807, 2.05) is 54.9 Å². The number of aryl methyl sites for hydroxylation is 1. The van der Waals surface area contributed by atoms with Gasteiger partial charge in [-0.1, -0.05) is 24.3 Å². The average Bonchev–Trinajstić information content (AvgIpc) is 3.16. The number of aromatic nitrogens is 4. The van der Waals surface area contributed by atoms with Gasteiger partial charge in [0, 0.05) is 10.9 Å². The van der Waals surface area contributed by atoms with Crippen LogP contribution in [0.3, 0.4) is 0 Å². The first-order valence-corrected chi connectivity index (χ1v) is 7.90. The number of carbonyl (C=O) groups is 1. The molecule has 124 valence electrons. The SMILES string of the molecule is Cc1nn(-c2ccccc2)c(C)c1-c1n[nH]c2cccc(C(=O)O)c12. The van der Waals surface area contributed by atoms with Crippen LogP contribution in [0.4, 0.5) is 0 Å². The molecule has 4 rings (SSSR count). The van der Waals surface area contributed by atoms with E-state index in [4.69, 9.17) is 0 Å². The van der Waals surface area contributed by atoms with Crippen LogP contribution >= 0.6 is 0 Å². The molecule has 0 spiro atoms. The lowest BCUT2D eigenvalue weighted by Crippen LogP contribution is -1.99. The number of nitrogens with one attached hydrogen (secondary N) is 1. The number of rotatable bonds is 3. The van der Waals surface area contributed by atoms with E-state index in [2.05, 4.69) is 15.3 Å². The van der Waals surface area contributed by atoms with Crippen molar-refractivity contribution in [3.05, 3.63) is 65.5 Å². The molecule has 0 radical (unpaired) electrons. The van der Waals surface area contributed by atoms with E-state index in [1.165, 1.54) is 0 Å². The Kier molecular flexibility index (Phi) is 3.39. The Morgan fingerprint density at radius 3 is 2.56 bits per heavy atom. The molecule has 0 aliphatic rings. The maximum atomic E-state index is 11.6. The van der Waals surface area contributed by atoms with Crippen LogP contribution < -0.4 is 0 Å². The fourth-order valence-corrected chi connectivity index (χ4v) is 3.24. The molecule has 0 saturated carbocycles. The van der Waals surface area contributed by atoms with Crippen LogP contribution in [-0.2, 0) is 0 Å². The number of aromatic carboxylic acids is 1. The molecule has 0 amide bonds. The second-order valence-electron chi connectivity index (χ2n) is 5.90. The van der Waals surface area contributed by atoms with Crippen LogP contribution in [-0.4, -0.2) is 31.1 Å². The summed E-state index contributed by atoms with van der Waals surface area (Å²) in [7, 11) is 0. The Morgan fingerprint density at radius 1 is 1.08 bits per heavy atom. The number of benzene rings is 2. The molecular weight excluding hydrogens is 316 g/mol. The number of hydrogen-bond donors (Lipinski definition) is 2. The summed E-state index contributed by atoms with van der Waals surface area (Å²) < 4.78 is 1.86. The van der Waals surface area contributed by atoms with Gasteiger partial charge in [-0.3, -0.25) is 5.10 Å². The van der Waals surface area contributed by atoms with Gasteiger partial charge in [-0.25, -0.2) is 9.48 Å². The van der Waals surface area contributed by atoms with Crippen molar-refractivity contribution in [2.24, 2.45) is 0 Å². The number of nitrogens with zero attached hydrogens (tertiary/aromatic N) is 3. The molecule has 2 aromatic heterocycles. The molecule has 0 saturated heterocycles. The van der Waals surface area contributed by atoms with Crippen LogP contribution in [0.2, 0.25) is 0 Å². The summed E-state index contributed by atoms with van der Waals surface area (Å²) in [6, 6.07) is 15.0. The van der Waals surface area contributed by atoms with Crippen LogP contribution in [0.15, 0.2) is 48.5 Å². The predicted molar refractivity (Wildman–Crippen MR) is 95.1 cm³/mol. The zero-order valence-corrected chi connectivity index (χ0v) is 13.8. The van der Waals surface area contributed by atoms with Crippen LogP contribution in [0, 0.1) is 13.8 Å². The second-order valence-corrected chi connectivity index (χ2v) is 5.90. The summed E-state index contributed by atoms with van der Waals surface area (Å²) in [6.07, 6.45) is 0. The monoisotopic (exact) mass is 332 g/mol.